The van der Waals surface area contributed by atoms with E-state index in [-0.39, 0.29) is 41.8 Å². The van der Waals surface area contributed by atoms with E-state index in [0.717, 1.165) is 35.6 Å². The molecule has 5 rings (SSSR count). The zero-order valence-electron chi connectivity index (χ0n) is 19.8. The third-order valence-corrected chi connectivity index (χ3v) is 9.99. The summed E-state index contributed by atoms with van der Waals surface area (Å²) in [7, 11) is -8.02. The van der Waals surface area contributed by atoms with Crippen LogP contribution in [0.4, 0.5) is 29.9 Å². The number of sulfone groups is 1. The molecule has 4 aromatic rings. The second-order valence-electron chi connectivity index (χ2n) is 8.44. The smallest absolute Gasteiger partial charge is 0.267 e. The fourth-order valence-corrected chi connectivity index (χ4v) is 7.43. The third-order valence-electron chi connectivity index (χ3n) is 5.82. The Morgan fingerprint density at radius 1 is 0.974 bits per heavy atom. The van der Waals surface area contributed by atoms with Crippen molar-refractivity contribution >= 4 is 48.0 Å². The van der Waals surface area contributed by atoms with Crippen LogP contribution in [0.1, 0.15) is 0 Å². The maximum Gasteiger partial charge on any atom is 0.267 e. The Morgan fingerprint density at radius 3 is 2.31 bits per heavy atom. The van der Waals surface area contributed by atoms with Crippen molar-refractivity contribution in [3.8, 4) is 21.8 Å². The van der Waals surface area contributed by atoms with Crippen LogP contribution in [0.15, 0.2) is 53.6 Å². The summed E-state index contributed by atoms with van der Waals surface area (Å²) < 4.78 is 95.4. The zero-order valence-corrected chi connectivity index (χ0v) is 22.3. The SMILES string of the molecule is Nc1nccc(-c2sc(N3CCS(=O)(=O)CC3)nc2-c2cccc(NS(=O)(=O)c3c(F)cccc3F)c2F)n1. The van der Waals surface area contributed by atoms with Gasteiger partial charge in [0.05, 0.1) is 33.5 Å². The fourth-order valence-electron chi connectivity index (χ4n) is 3.93. The largest absolute Gasteiger partial charge is 0.368 e. The van der Waals surface area contributed by atoms with E-state index in [0.29, 0.717) is 15.7 Å². The van der Waals surface area contributed by atoms with E-state index in [2.05, 4.69) is 15.0 Å². The van der Waals surface area contributed by atoms with Crippen molar-refractivity contribution in [3.05, 3.63) is 66.1 Å². The number of anilines is 3. The van der Waals surface area contributed by atoms with E-state index >= 15 is 4.39 Å². The van der Waals surface area contributed by atoms with Gasteiger partial charge in [0.2, 0.25) is 5.95 Å². The first kappa shape index (κ1) is 26.8. The minimum atomic E-state index is -4.85. The average Bonchev–Trinajstić information content (AvgIpc) is 3.30. The number of benzene rings is 2. The van der Waals surface area contributed by atoms with Crippen LogP contribution in [-0.2, 0) is 19.9 Å². The Kier molecular flexibility index (Phi) is 6.94. The summed E-state index contributed by atoms with van der Waals surface area (Å²) in [4.78, 5) is 13.5. The highest BCUT2D eigenvalue weighted by Crippen LogP contribution is 2.42. The van der Waals surface area contributed by atoms with Gasteiger partial charge < -0.3 is 10.6 Å². The lowest BCUT2D eigenvalue weighted by Crippen LogP contribution is -2.40. The number of sulfonamides is 1. The van der Waals surface area contributed by atoms with E-state index in [1.54, 1.807) is 4.90 Å². The van der Waals surface area contributed by atoms with E-state index in [9.17, 15) is 25.6 Å². The van der Waals surface area contributed by atoms with Gasteiger partial charge in [0, 0.05) is 24.8 Å². The number of aromatic nitrogens is 3. The number of rotatable bonds is 6. The molecule has 3 heterocycles. The number of thiazole rings is 1. The van der Waals surface area contributed by atoms with E-state index in [4.69, 9.17) is 5.73 Å². The first-order chi connectivity index (χ1) is 18.4. The van der Waals surface area contributed by atoms with Gasteiger partial charge in [-0.2, -0.15) is 0 Å². The fraction of sp³-hybridized carbons (Fsp3) is 0.174. The minimum Gasteiger partial charge on any atom is -0.368 e. The summed E-state index contributed by atoms with van der Waals surface area (Å²) in [5.74, 6) is -3.93. The second kappa shape index (κ2) is 10.1. The number of nitrogens with one attached hydrogen (secondary N) is 1. The van der Waals surface area contributed by atoms with E-state index in [1.165, 1.54) is 24.4 Å². The molecule has 1 aliphatic rings. The van der Waals surface area contributed by atoms with Gasteiger partial charge in [-0.3, -0.25) is 4.72 Å². The Bertz CT molecular complexity index is 1760. The van der Waals surface area contributed by atoms with Gasteiger partial charge >= 0.3 is 0 Å². The molecule has 0 aliphatic carbocycles. The molecule has 0 radical (unpaired) electrons. The molecule has 2 aromatic heterocycles. The summed E-state index contributed by atoms with van der Waals surface area (Å²) in [6, 6.07) is 7.87. The molecule has 1 aliphatic heterocycles. The van der Waals surface area contributed by atoms with Gasteiger partial charge in [-0.05, 0) is 30.3 Å². The number of halogens is 3. The Morgan fingerprint density at radius 2 is 1.64 bits per heavy atom. The lowest BCUT2D eigenvalue weighted by molar-refractivity contribution is 0.521. The molecule has 10 nitrogen and oxygen atoms in total. The lowest BCUT2D eigenvalue weighted by atomic mass is 10.1. The highest BCUT2D eigenvalue weighted by molar-refractivity contribution is 7.92. The number of hydrogen-bond acceptors (Lipinski definition) is 10. The number of nitrogens with zero attached hydrogens (tertiary/aromatic N) is 4. The Balaban J connectivity index is 1.59. The van der Waals surface area contributed by atoms with Gasteiger partial charge in [-0.15, -0.1) is 0 Å². The van der Waals surface area contributed by atoms with Gasteiger partial charge in [0.15, 0.2) is 25.7 Å². The first-order valence-corrected chi connectivity index (χ1v) is 15.4. The monoisotopic (exact) mass is 596 g/mol. The maximum absolute atomic E-state index is 15.8. The van der Waals surface area contributed by atoms with Crippen LogP contribution in [0.5, 0.6) is 0 Å². The van der Waals surface area contributed by atoms with Crippen LogP contribution in [0.25, 0.3) is 21.8 Å². The third kappa shape index (κ3) is 5.39. The summed E-state index contributed by atoms with van der Waals surface area (Å²) in [6.07, 6.45) is 1.40. The van der Waals surface area contributed by atoms with Crippen molar-refractivity contribution in [2.45, 2.75) is 4.90 Å². The molecule has 39 heavy (non-hydrogen) atoms. The van der Waals surface area contributed by atoms with E-state index in [1.807, 2.05) is 4.72 Å². The highest BCUT2D eigenvalue weighted by Gasteiger charge is 2.29. The van der Waals surface area contributed by atoms with Crippen LogP contribution < -0.4 is 15.4 Å². The second-order valence-corrected chi connectivity index (χ2v) is 13.3. The molecule has 204 valence electrons. The van der Waals surface area contributed by atoms with E-state index < -0.39 is 47.9 Å². The summed E-state index contributed by atoms with van der Waals surface area (Å²) in [5, 5.41) is 0.394. The Labute approximate surface area is 225 Å². The zero-order chi connectivity index (χ0) is 27.9. The van der Waals surface area contributed by atoms with Gasteiger partial charge in [0.25, 0.3) is 10.0 Å². The van der Waals surface area contributed by atoms with Crippen molar-refractivity contribution in [1.29, 1.82) is 0 Å². The summed E-state index contributed by atoms with van der Waals surface area (Å²) in [5.41, 5.74) is 5.43. The number of nitrogens with two attached hydrogens (primary N) is 1. The molecular formula is C23H19F3N6O4S3. The molecule has 16 heteroatoms. The highest BCUT2D eigenvalue weighted by atomic mass is 32.2. The molecule has 0 bridgehead atoms. The van der Waals surface area contributed by atoms with Crippen LogP contribution in [0.2, 0.25) is 0 Å². The van der Waals surface area contributed by atoms with Crippen molar-refractivity contribution < 1.29 is 30.0 Å². The van der Waals surface area contributed by atoms with Crippen molar-refractivity contribution in [2.75, 3.05) is 40.0 Å². The first-order valence-electron chi connectivity index (χ1n) is 11.3. The topological polar surface area (TPSA) is 148 Å². The molecule has 3 N–H and O–H groups in total. The summed E-state index contributed by atoms with van der Waals surface area (Å²) >= 11 is 1.12. The lowest BCUT2D eigenvalue weighted by Gasteiger charge is -2.25. The average molecular weight is 597 g/mol. The van der Waals surface area contributed by atoms with Crippen molar-refractivity contribution in [3.63, 3.8) is 0 Å². The number of nitrogen functional groups attached to an aromatic ring is 1. The van der Waals surface area contributed by atoms with Crippen LogP contribution in [0, 0.1) is 17.5 Å². The molecule has 0 atom stereocenters. The molecule has 0 amide bonds. The van der Waals surface area contributed by atoms with Gasteiger partial charge in [0.1, 0.15) is 11.6 Å². The predicted octanol–water partition coefficient (Wildman–Crippen LogP) is 3.30. The molecule has 2 aromatic carbocycles. The normalized spacial score (nSPS) is 15.3. The van der Waals surface area contributed by atoms with Crippen LogP contribution >= 0.6 is 11.3 Å². The van der Waals surface area contributed by atoms with Gasteiger partial charge in [-0.25, -0.2) is 45.0 Å². The number of hydrogen-bond donors (Lipinski definition) is 2. The Hall–Kier alpha value is -3.76. The minimum absolute atomic E-state index is 0.0497. The van der Waals surface area contributed by atoms with Gasteiger partial charge in [-0.1, -0.05) is 23.5 Å². The maximum atomic E-state index is 15.8. The standard InChI is InChI=1S/C23H19F3N6O4S3/c24-14-4-2-5-15(25)21(14)39(35,36)31-16-6-1-3-13(18(16)26)19-20(17-7-8-28-22(27)29-17)37-23(30-19)32-9-11-38(33,34)12-10-32/h1-8,31H,9-12H2,(H2,27,28,29). The van der Waals surface area contributed by atoms with Crippen molar-refractivity contribution in [1.82, 2.24) is 15.0 Å². The molecule has 0 unspecified atom stereocenters. The molecular weight excluding hydrogens is 577 g/mol. The molecule has 1 saturated heterocycles. The predicted molar refractivity (Wildman–Crippen MR) is 141 cm³/mol. The molecule has 1 fully saturated rings. The molecule has 0 spiro atoms. The van der Waals surface area contributed by atoms with Crippen molar-refractivity contribution in [2.24, 2.45) is 0 Å². The van der Waals surface area contributed by atoms with Crippen LogP contribution in [0.3, 0.4) is 0 Å². The summed E-state index contributed by atoms with van der Waals surface area (Å²) in [6.45, 7) is 0.355. The quantitative estimate of drug-likeness (QED) is 0.342. The van der Waals surface area contributed by atoms with Crippen LogP contribution in [-0.4, -0.2) is 56.4 Å². The molecule has 0 saturated carbocycles.